The number of carbonyl (C=O) groups is 1. The number of carbonyl (C=O) groups excluding carboxylic acids is 1. The summed E-state index contributed by atoms with van der Waals surface area (Å²) in [5.41, 5.74) is 3.10. The molecule has 7 heteroatoms. The SMILES string of the molecule is C[C@@H]1Cc2cc(C(=O)N[C@@H](C)CCc3ccccc3)ccc2N1S(=O)(=O)c1ccc(F)cc1. The van der Waals surface area contributed by atoms with E-state index in [0.29, 0.717) is 17.7 Å². The zero-order chi connectivity index (χ0) is 23.6. The van der Waals surface area contributed by atoms with Crippen molar-refractivity contribution in [3.63, 3.8) is 0 Å². The zero-order valence-electron chi connectivity index (χ0n) is 18.7. The number of rotatable bonds is 7. The highest BCUT2D eigenvalue weighted by molar-refractivity contribution is 7.92. The normalized spacial score (nSPS) is 16.3. The van der Waals surface area contributed by atoms with E-state index in [0.717, 1.165) is 30.5 Å². The first-order chi connectivity index (χ1) is 15.8. The van der Waals surface area contributed by atoms with Gasteiger partial charge < -0.3 is 5.32 Å². The van der Waals surface area contributed by atoms with Gasteiger partial charge in [0.1, 0.15) is 5.82 Å². The first-order valence-corrected chi connectivity index (χ1v) is 12.5. The van der Waals surface area contributed by atoms with E-state index in [2.05, 4.69) is 17.4 Å². The van der Waals surface area contributed by atoms with Crippen molar-refractivity contribution in [2.45, 2.75) is 50.1 Å². The molecule has 1 aliphatic heterocycles. The quantitative estimate of drug-likeness (QED) is 0.548. The Kier molecular flexibility index (Phi) is 6.51. The Hall–Kier alpha value is -3.19. The van der Waals surface area contributed by atoms with Crippen LogP contribution in [0.5, 0.6) is 0 Å². The van der Waals surface area contributed by atoms with E-state index in [9.17, 15) is 17.6 Å². The molecule has 172 valence electrons. The van der Waals surface area contributed by atoms with Crippen LogP contribution in [0.4, 0.5) is 10.1 Å². The second-order valence-corrected chi connectivity index (χ2v) is 10.4. The summed E-state index contributed by atoms with van der Waals surface area (Å²) in [4.78, 5) is 12.8. The molecule has 1 N–H and O–H groups in total. The number of fused-ring (bicyclic) bond motifs is 1. The number of nitrogens with zero attached hydrogens (tertiary/aromatic N) is 1. The van der Waals surface area contributed by atoms with E-state index in [-0.39, 0.29) is 22.9 Å². The van der Waals surface area contributed by atoms with Gasteiger partial charge in [0.2, 0.25) is 0 Å². The molecule has 0 saturated heterocycles. The molecule has 0 radical (unpaired) electrons. The van der Waals surface area contributed by atoms with Gasteiger partial charge in [-0.05, 0) is 86.7 Å². The Labute approximate surface area is 194 Å². The summed E-state index contributed by atoms with van der Waals surface area (Å²) in [6.07, 6.45) is 2.20. The van der Waals surface area contributed by atoms with Crippen LogP contribution in [0, 0.1) is 5.82 Å². The van der Waals surface area contributed by atoms with Crippen LogP contribution < -0.4 is 9.62 Å². The Balaban J connectivity index is 1.48. The molecule has 0 aromatic heterocycles. The minimum atomic E-state index is -3.84. The average Bonchev–Trinajstić information content (AvgIpc) is 3.14. The summed E-state index contributed by atoms with van der Waals surface area (Å²) in [5, 5.41) is 3.04. The number of hydrogen-bond donors (Lipinski definition) is 1. The fourth-order valence-corrected chi connectivity index (χ4v) is 5.93. The molecular weight excluding hydrogens is 439 g/mol. The molecule has 4 rings (SSSR count). The summed E-state index contributed by atoms with van der Waals surface area (Å²) in [6.45, 7) is 3.81. The van der Waals surface area contributed by atoms with Crippen molar-refractivity contribution in [2.24, 2.45) is 0 Å². The zero-order valence-corrected chi connectivity index (χ0v) is 19.5. The van der Waals surface area contributed by atoms with Crippen LogP contribution in [-0.4, -0.2) is 26.4 Å². The van der Waals surface area contributed by atoms with Gasteiger partial charge in [0.25, 0.3) is 15.9 Å². The molecule has 1 aliphatic rings. The Bertz CT molecular complexity index is 1240. The Morgan fingerprint density at radius 2 is 1.79 bits per heavy atom. The smallest absolute Gasteiger partial charge is 0.264 e. The van der Waals surface area contributed by atoms with Gasteiger partial charge in [0, 0.05) is 17.6 Å². The van der Waals surface area contributed by atoms with Crippen LogP contribution in [0.3, 0.4) is 0 Å². The number of anilines is 1. The lowest BCUT2D eigenvalue weighted by Crippen LogP contribution is -2.35. The third-order valence-electron chi connectivity index (χ3n) is 5.95. The number of sulfonamides is 1. The van der Waals surface area contributed by atoms with Crippen molar-refractivity contribution in [1.82, 2.24) is 5.32 Å². The molecule has 0 bridgehead atoms. The van der Waals surface area contributed by atoms with Crippen LogP contribution >= 0.6 is 0 Å². The Morgan fingerprint density at radius 3 is 2.48 bits per heavy atom. The highest BCUT2D eigenvalue weighted by Crippen LogP contribution is 2.37. The van der Waals surface area contributed by atoms with Crippen LogP contribution in [0.25, 0.3) is 0 Å². The molecule has 1 amide bonds. The predicted molar refractivity (Wildman–Crippen MR) is 127 cm³/mol. The van der Waals surface area contributed by atoms with Gasteiger partial charge in [0.15, 0.2) is 0 Å². The second-order valence-electron chi connectivity index (χ2n) is 8.55. The number of benzene rings is 3. The van der Waals surface area contributed by atoms with Gasteiger partial charge in [-0.15, -0.1) is 0 Å². The largest absolute Gasteiger partial charge is 0.350 e. The molecule has 5 nitrogen and oxygen atoms in total. The third kappa shape index (κ3) is 4.93. The highest BCUT2D eigenvalue weighted by Gasteiger charge is 2.36. The maximum atomic E-state index is 13.3. The molecule has 0 unspecified atom stereocenters. The lowest BCUT2D eigenvalue weighted by atomic mass is 10.0. The molecule has 0 spiro atoms. The summed E-state index contributed by atoms with van der Waals surface area (Å²) < 4.78 is 41.0. The van der Waals surface area contributed by atoms with Gasteiger partial charge in [-0.25, -0.2) is 12.8 Å². The van der Waals surface area contributed by atoms with Gasteiger partial charge >= 0.3 is 0 Å². The minimum absolute atomic E-state index is 0.000219. The van der Waals surface area contributed by atoms with Gasteiger partial charge in [-0.3, -0.25) is 9.10 Å². The summed E-state index contributed by atoms with van der Waals surface area (Å²) >= 11 is 0. The van der Waals surface area contributed by atoms with E-state index >= 15 is 0 Å². The number of amides is 1. The molecular formula is C26H27FN2O3S. The van der Waals surface area contributed by atoms with Crippen LogP contribution in [0.15, 0.2) is 77.7 Å². The van der Waals surface area contributed by atoms with E-state index in [1.165, 1.54) is 22.0 Å². The highest BCUT2D eigenvalue weighted by atomic mass is 32.2. The standard InChI is InChI=1S/C26H27FN2O3S/c1-18(8-9-20-6-4-3-5-7-20)28-26(30)21-10-15-25-22(17-21)16-19(2)29(25)33(31,32)24-13-11-23(27)12-14-24/h3-7,10-15,17-19H,8-9,16H2,1-2H3,(H,28,30)/t18-,19+/m0/s1. The monoisotopic (exact) mass is 466 g/mol. The van der Waals surface area contributed by atoms with E-state index in [1.807, 2.05) is 32.0 Å². The van der Waals surface area contributed by atoms with Gasteiger partial charge in [-0.1, -0.05) is 30.3 Å². The first-order valence-electron chi connectivity index (χ1n) is 11.0. The Morgan fingerprint density at radius 1 is 1.09 bits per heavy atom. The first kappa shape index (κ1) is 23.0. The van der Waals surface area contributed by atoms with Crippen molar-refractivity contribution >= 4 is 21.6 Å². The van der Waals surface area contributed by atoms with E-state index in [1.54, 1.807) is 18.2 Å². The molecule has 2 atom stereocenters. The lowest BCUT2D eigenvalue weighted by molar-refractivity contribution is 0.0938. The van der Waals surface area contributed by atoms with Gasteiger partial charge in [-0.2, -0.15) is 0 Å². The molecule has 33 heavy (non-hydrogen) atoms. The number of halogens is 1. The van der Waals surface area contributed by atoms with E-state index < -0.39 is 15.8 Å². The minimum Gasteiger partial charge on any atom is -0.350 e. The predicted octanol–water partition coefficient (Wildman–Crippen LogP) is 4.72. The van der Waals surface area contributed by atoms with Crippen LogP contribution in [0.1, 0.15) is 41.8 Å². The summed E-state index contributed by atoms with van der Waals surface area (Å²) in [7, 11) is -3.84. The van der Waals surface area contributed by atoms with Crippen molar-refractivity contribution < 1.29 is 17.6 Å². The van der Waals surface area contributed by atoms with Crippen molar-refractivity contribution in [3.05, 3.63) is 95.3 Å². The topological polar surface area (TPSA) is 66.5 Å². The third-order valence-corrected chi connectivity index (χ3v) is 7.89. The molecule has 1 heterocycles. The van der Waals surface area contributed by atoms with Crippen molar-refractivity contribution in [1.29, 1.82) is 0 Å². The molecule has 0 saturated carbocycles. The number of hydrogen-bond acceptors (Lipinski definition) is 3. The molecule has 3 aromatic carbocycles. The van der Waals surface area contributed by atoms with E-state index in [4.69, 9.17) is 0 Å². The molecule has 0 fully saturated rings. The summed E-state index contributed by atoms with van der Waals surface area (Å²) in [6, 6.07) is 19.8. The fourth-order valence-electron chi connectivity index (χ4n) is 4.24. The maximum absolute atomic E-state index is 13.3. The fraction of sp³-hybridized carbons (Fsp3) is 0.269. The van der Waals surface area contributed by atoms with Crippen LogP contribution in [-0.2, 0) is 22.9 Å². The number of aryl methyl sites for hydroxylation is 1. The van der Waals surface area contributed by atoms with Crippen LogP contribution in [0.2, 0.25) is 0 Å². The molecule has 3 aromatic rings. The van der Waals surface area contributed by atoms with Gasteiger partial charge in [0.05, 0.1) is 10.6 Å². The second kappa shape index (κ2) is 9.35. The van der Waals surface area contributed by atoms with Crippen molar-refractivity contribution in [2.75, 3.05) is 4.31 Å². The van der Waals surface area contributed by atoms with Crippen molar-refractivity contribution in [3.8, 4) is 0 Å². The number of nitrogens with one attached hydrogen (secondary N) is 1. The summed E-state index contributed by atoms with van der Waals surface area (Å²) in [5.74, 6) is -0.664. The molecule has 0 aliphatic carbocycles. The average molecular weight is 467 g/mol. The lowest BCUT2D eigenvalue weighted by Gasteiger charge is -2.24. The maximum Gasteiger partial charge on any atom is 0.264 e.